The van der Waals surface area contributed by atoms with Crippen LogP contribution < -0.4 is 14.2 Å². The van der Waals surface area contributed by atoms with Crippen molar-refractivity contribution >= 4 is 39.9 Å². The monoisotopic (exact) mass is 638 g/mol. The van der Waals surface area contributed by atoms with Crippen molar-refractivity contribution in [3.05, 3.63) is 139 Å². The fourth-order valence-corrected chi connectivity index (χ4v) is 5.11. The van der Waals surface area contributed by atoms with Gasteiger partial charge < -0.3 is 18.9 Å². The lowest BCUT2D eigenvalue weighted by Crippen LogP contribution is -2.10. The average Bonchev–Trinajstić information content (AvgIpc) is 3.06. The van der Waals surface area contributed by atoms with E-state index in [1.807, 2.05) is 31.2 Å². The van der Waals surface area contributed by atoms with Crippen molar-refractivity contribution in [2.24, 2.45) is 0 Å². The number of hydrogen-bond acceptors (Lipinski definition) is 9. The van der Waals surface area contributed by atoms with Crippen LogP contribution in [0, 0.1) is 6.92 Å². The Balaban J connectivity index is 1.27. The highest BCUT2D eigenvalue weighted by atomic mass is 32.2. The van der Waals surface area contributed by atoms with Crippen molar-refractivity contribution in [3.63, 3.8) is 0 Å². The molecule has 234 valence electrons. The number of aryl methyl sites for hydroxylation is 1. The molecule has 0 atom stereocenters. The fourth-order valence-electron chi connectivity index (χ4n) is 3.85. The average molecular weight is 639 g/mol. The van der Waals surface area contributed by atoms with E-state index in [0.29, 0.717) is 11.3 Å². The molecule has 0 aromatic heterocycles. The summed E-state index contributed by atoms with van der Waals surface area (Å²) in [4.78, 5) is 35.5. The van der Waals surface area contributed by atoms with Gasteiger partial charge in [0.15, 0.2) is 0 Å². The molecule has 0 radical (unpaired) electrons. The molecule has 10 heteroatoms. The van der Waals surface area contributed by atoms with Gasteiger partial charge in [-0.05, 0) is 90.9 Å². The molecule has 0 amide bonds. The Kier molecular flexibility index (Phi) is 11.4. The van der Waals surface area contributed by atoms with Crippen LogP contribution >= 0.6 is 0 Å². The predicted molar refractivity (Wildman–Crippen MR) is 172 cm³/mol. The number of carbonyl (C=O) groups excluding carboxylic acids is 3. The van der Waals surface area contributed by atoms with Gasteiger partial charge in [-0.3, -0.25) is 0 Å². The van der Waals surface area contributed by atoms with Crippen LogP contribution in [0.4, 0.5) is 0 Å². The molecule has 0 saturated heterocycles. The summed E-state index contributed by atoms with van der Waals surface area (Å²) < 4.78 is 47.1. The van der Waals surface area contributed by atoms with E-state index in [0.717, 1.165) is 17.2 Å². The summed E-state index contributed by atoms with van der Waals surface area (Å²) in [6.07, 6.45) is 6.79. The normalized spacial score (nSPS) is 11.2. The molecule has 0 saturated carbocycles. The fraction of sp³-hybridized carbons (Fsp3) is 0.0833. The van der Waals surface area contributed by atoms with Crippen LogP contribution in [0.2, 0.25) is 0 Å². The number of ether oxygens (including phenoxy) is 4. The molecule has 0 aliphatic carbocycles. The molecule has 4 rings (SSSR count). The van der Waals surface area contributed by atoms with Crippen molar-refractivity contribution < 1.29 is 41.7 Å². The molecule has 0 heterocycles. The highest BCUT2D eigenvalue weighted by Crippen LogP contribution is 2.25. The maximum atomic E-state index is 13.1. The molecule has 0 bridgehead atoms. The first-order chi connectivity index (χ1) is 22.1. The standard InChI is InChI=1S/C36H30O9S/c1-3-34(37)43-25-24-42-29-12-8-28(9-13-29)11-23-36(39)45-31-16-20-33(21-17-31)46(40,41)32-18-14-30(15-19-32)44-35(38)22-10-27-6-4-26(2)5-7-27/h3-23H,1,24-25H2,2H3/b22-10+,23-11+. The molecule has 0 N–H and O–H groups in total. The van der Waals surface area contributed by atoms with E-state index in [1.165, 1.54) is 60.7 Å². The van der Waals surface area contributed by atoms with Gasteiger partial charge >= 0.3 is 17.9 Å². The van der Waals surface area contributed by atoms with E-state index in [-0.39, 0.29) is 34.5 Å². The number of hydrogen-bond donors (Lipinski definition) is 0. The summed E-state index contributed by atoms with van der Waals surface area (Å²) in [7, 11) is -3.89. The van der Waals surface area contributed by atoms with E-state index in [1.54, 1.807) is 36.4 Å². The van der Waals surface area contributed by atoms with Gasteiger partial charge in [-0.15, -0.1) is 0 Å². The summed E-state index contributed by atoms with van der Waals surface area (Å²) in [5, 5.41) is 0. The zero-order valence-corrected chi connectivity index (χ0v) is 25.6. The maximum absolute atomic E-state index is 13.1. The molecule has 9 nitrogen and oxygen atoms in total. The lowest BCUT2D eigenvalue weighted by molar-refractivity contribution is -0.138. The van der Waals surface area contributed by atoms with Crippen LogP contribution in [0.3, 0.4) is 0 Å². The van der Waals surface area contributed by atoms with E-state index in [4.69, 9.17) is 18.9 Å². The highest BCUT2D eigenvalue weighted by Gasteiger charge is 2.18. The lowest BCUT2D eigenvalue weighted by Gasteiger charge is -2.07. The van der Waals surface area contributed by atoms with Crippen molar-refractivity contribution in [2.45, 2.75) is 16.7 Å². The Bertz CT molecular complexity index is 1840. The Morgan fingerprint density at radius 1 is 0.609 bits per heavy atom. The Labute approximate surface area is 266 Å². The van der Waals surface area contributed by atoms with Gasteiger partial charge in [-0.1, -0.05) is 48.5 Å². The molecule has 0 aliphatic rings. The van der Waals surface area contributed by atoms with Crippen molar-refractivity contribution in [1.29, 1.82) is 0 Å². The van der Waals surface area contributed by atoms with E-state index >= 15 is 0 Å². The number of rotatable bonds is 13. The summed E-state index contributed by atoms with van der Waals surface area (Å²) in [6.45, 7) is 5.55. The smallest absolute Gasteiger partial charge is 0.336 e. The molecule has 4 aromatic rings. The predicted octanol–water partition coefficient (Wildman–Crippen LogP) is 6.17. The third-order valence-electron chi connectivity index (χ3n) is 6.25. The molecule has 0 unspecified atom stereocenters. The van der Waals surface area contributed by atoms with Crippen molar-refractivity contribution in [3.8, 4) is 17.2 Å². The Morgan fingerprint density at radius 2 is 1.04 bits per heavy atom. The summed E-state index contributed by atoms with van der Waals surface area (Å²) >= 11 is 0. The zero-order chi connectivity index (χ0) is 32.9. The molecular formula is C36H30O9S. The largest absolute Gasteiger partial charge is 0.490 e. The lowest BCUT2D eigenvalue weighted by atomic mass is 10.1. The van der Waals surface area contributed by atoms with E-state index in [9.17, 15) is 22.8 Å². The summed E-state index contributed by atoms with van der Waals surface area (Å²) in [5.41, 5.74) is 2.66. The molecule has 46 heavy (non-hydrogen) atoms. The molecule has 4 aromatic carbocycles. The third-order valence-corrected chi connectivity index (χ3v) is 8.03. The first-order valence-corrected chi connectivity index (χ1v) is 15.4. The minimum absolute atomic E-state index is 0.00252. The van der Waals surface area contributed by atoms with E-state index in [2.05, 4.69) is 6.58 Å². The number of benzene rings is 4. The van der Waals surface area contributed by atoms with Gasteiger partial charge in [0, 0.05) is 18.2 Å². The zero-order valence-electron chi connectivity index (χ0n) is 24.8. The van der Waals surface area contributed by atoms with Gasteiger partial charge in [-0.25, -0.2) is 22.8 Å². The van der Waals surface area contributed by atoms with Gasteiger partial charge in [0.1, 0.15) is 30.5 Å². The Morgan fingerprint density at radius 3 is 1.50 bits per heavy atom. The van der Waals surface area contributed by atoms with Gasteiger partial charge in [-0.2, -0.15) is 0 Å². The number of sulfone groups is 1. The quantitative estimate of drug-likeness (QED) is 0.0732. The number of carbonyl (C=O) groups is 3. The molecule has 0 spiro atoms. The molecule has 0 aliphatic heterocycles. The minimum Gasteiger partial charge on any atom is -0.490 e. The van der Waals surface area contributed by atoms with E-state index < -0.39 is 27.7 Å². The van der Waals surface area contributed by atoms with Crippen LogP contribution in [-0.4, -0.2) is 39.5 Å². The van der Waals surface area contributed by atoms with Gasteiger partial charge in [0.05, 0.1) is 9.79 Å². The molecule has 0 fully saturated rings. The summed E-state index contributed by atoms with van der Waals surface area (Å²) in [6, 6.07) is 25.4. The Hall–Kier alpha value is -5.74. The van der Waals surface area contributed by atoms with Gasteiger partial charge in [0.2, 0.25) is 9.84 Å². The SMILES string of the molecule is C=CC(=O)OCCOc1ccc(/C=C/C(=O)Oc2ccc(S(=O)(=O)c3ccc(OC(=O)/C=C/c4ccc(C)cc4)cc3)cc2)cc1. The van der Waals surface area contributed by atoms with Crippen molar-refractivity contribution in [1.82, 2.24) is 0 Å². The highest BCUT2D eigenvalue weighted by molar-refractivity contribution is 7.91. The van der Waals surface area contributed by atoms with Crippen LogP contribution in [0.5, 0.6) is 17.2 Å². The van der Waals surface area contributed by atoms with Gasteiger partial charge in [0.25, 0.3) is 0 Å². The first-order valence-electron chi connectivity index (χ1n) is 14.0. The third kappa shape index (κ3) is 9.90. The molecular weight excluding hydrogens is 608 g/mol. The second-order valence-electron chi connectivity index (χ2n) is 9.65. The second-order valence-corrected chi connectivity index (χ2v) is 11.6. The van der Waals surface area contributed by atoms with Crippen LogP contribution in [0.1, 0.15) is 16.7 Å². The number of esters is 3. The minimum atomic E-state index is -3.89. The maximum Gasteiger partial charge on any atom is 0.336 e. The first kappa shape index (κ1) is 33.2. The topological polar surface area (TPSA) is 122 Å². The second kappa shape index (κ2) is 15.8. The van der Waals surface area contributed by atoms with Crippen molar-refractivity contribution in [2.75, 3.05) is 13.2 Å². The van der Waals surface area contributed by atoms with Crippen LogP contribution in [0.15, 0.2) is 132 Å². The summed E-state index contributed by atoms with van der Waals surface area (Å²) in [5.74, 6) is -0.856. The van der Waals surface area contributed by atoms with Crippen LogP contribution in [-0.2, 0) is 29.0 Å². The van der Waals surface area contributed by atoms with Crippen LogP contribution in [0.25, 0.3) is 12.2 Å².